The van der Waals surface area contributed by atoms with Gasteiger partial charge >= 0.3 is 0 Å². The molecular formula is C22H18FN5O3. The van der Waals surface area contributed by atoms with Crippen LogP contribution in [0.5, 0.6) is 11.6 Å². The van der Waals surface area contributed by atoms with Gasteiger partial charge in [-0.3, -0.25) is 9.89 Å². The van der Waals surface area contributed by atoms with Crippen molar-refractivity contribution < 1.29 is 18.7 Å². The molecule has 0 saturated carbocycles. The number of ether oxygens (including phenoxy) is 2. The minimum absolute atomic E-state index is 0.0179. The van der Waals surface area contributed by atoms with Crippen LogP contribution < -0.4 is 20.5 Å². The number of nitrogens with one attached hydrogen (secondary N) is 2. The van der Waals surface area contributed by atoms with Gasteiger partial charge in [-0.05, 0) is 48.9 Å². The molecule has 9 heteroatoms. The topological polar surface area (TPSA) is 126 Å². The van der Waals surface area contributed by atoms with Gasteiger partial charge < -0.3 is 20.5 Å². The molecule has 0 radical (unpaired) electrons. The number of allylic oxidation sites excluding steroid dienone is 1. The zero-order valence-corrected chi connectivity index (χ0v) is 16.5. The number of hydrogen-bond donors (Lipinski definition) is 3. The lowest BCUT2D eigenvalue weighted by Crippen LogP contribution is -2.21. The fraction of sp³-hybridized carbons (Fsp3) is 0.136. The molecule has 4 rings (SSSR count). The maximum absolute atomic E-state index is 12.9. The van der Waals surface area contributed by atoms with E-state index in [0.717, 1.165) is 16.8 Å². The van der Waals surface area contributed by atoms with Crippen molar-refractivity contribution in [2.24, 2.45) is 5.73 Å². The van der Waals surface area contributed by atoms with E-state index in [9.17, 15) is 14.4 Å². The van der Waals surface area contributed by atoms with Crippen molar-refractivity contribution in [3.63, 3.8) is 0 Å². The summed E-state index contributed by atoms with van der Waals surface area (Å²) in [6.45, 7) is 1.63. The van der Waals surface area contributed by atoms with Gasteiger partial charge in [-0.2, -0.15) is 5.26 Å². The van der Waals surface area contributed by atoms with Crippen LogP contribution in [0.25, 0.3) is 0 Å². The van der Waals surface area contributed by atoms with Crippen LogP contribution in [0, 0.1) is 24.1 Å². The number of benzene rings is 2. The number of carbonyl (C=O) groups excluding carboxylic acids is 1. The molecule has 8 nitrogen and oxygen atoms in total. The molecule has 2 aromatic carbocycles. The first-order chi connectivity index (χ1) is 15.0. The van der Waals surface area contributed by atoms with Crippen molar-refractivity contribution in [1.82, 2.24) is 10.2 Å². The van der Waals surface area contributed by atoms with E-state index < -0.39 is 5.92 Å². The van der Waals surface area contributed by atoms with Gasteiger partial charge in [0.25, 0.3) is 5.91 Å². The molecule has 3 aromatic rings. The smallest absolute Gasteiger partial charge is 0.262 e. The predicted molar refractivity (Wildman–Crippen MR) is 110 cm³/mol. The lowest BCUT2D eigenvalue weighted by Gasteiger charge is -2.23. The van der Waals surface area contributed by atoms with Crippen LogP contribution in [0.15, 0.2) is 60.0 Å². The summed E-state index contributed by atoms with van der Waals surface area (Å²) in [7, 11) is 0. The molecule has 31 heavy (non-hydrogen) atoms. The number of anilines is 1. The molecule has 1 aromatic heterocycles. The van der Waals surface area contributed by atoms with Gasteiger partial charge in [-0.1, -0.05) is 12.1 Å². The number of amides is 1. The normalized spacial score (nSPS) is 14.9. The number of rotatable bonds is 5. The zero-order chi connectivity index (χ0) is 22.0. The van der Waals surface area contributed by atoms with Gasteiger partial charge in [0.1, 0.15) is 23.2 Å². The SMILES string of the molecule is Cc1[nH]nc2c1C(c1ccc(OCC(=O)Nc3ccc(F)cc3)cc1)C(C#N)=C(N)O2. The minimum atomic E-state index is -0.427. The third-order valence-corrected chi connectivity index (χ3v) is 4.84. The van der Waals surface area contributed by atoms with Gasteiger partial charge in [0, 0.05) is 16.9 Å². The molecule has 0 saturated heterocycles. The number of fused-ring (bicyclic) bond motifs is 1. The summed E-state index contributed by atoms with van der Waals surface area (Å²) in [6.07, 6.45) is 0. The molecule has 0 bridgehead atoms. The van der Waals surface area contributed by atoms with E-state index in [1.165, 1.54) is 24.3 Å². The number of nitrogens with two attached hydrogens (primary N) is 1. The van der Waals surface area contributed by atoms with Crippen molar-refractivity contribution >= 4 is 11.6 Å². The number of aryl methyl sites for hydroxylation is 1. The summed E-state index contributed by atoms with van der Waals surface area (Å²) in [4.78, 5) is 12.0. The third kappa shape index (κ3) is 4.04. The van der Waals surface area contributed by atoms with Crippen LogP contribution in [0.2, 0.25) is 0 Å². The van der Waals surface area contributed by atoms with Crippen molar-refractivity contribution in [2.75, 3.05) is 11.9 Å². The Hall–Kier alpha value is -4.32. The molecule has 1 unspecified atom stereocenters. The molecule has 1 atom stereocenters. The Morgan fingerprint density at radius 3 is 2.68 bits per heavy atom. The number of nitrogens with zero attached hydrogens (tertiary/aromatic N) is 2. The number of aromatic nitrogens is 2. The highest BCUT2D eigenvalue weighted by atomic mass is 19.1. The van der Waals surface area contributed by atoms with E-state index >= 15 is 0 Å². The first-order valence-corrected chi connectivity index (χ1v) is 9.37. The van der Waals surface area contributed by atoms with E-state index in [2.05, 4.69) is 21.6 Å². The van der Waals surface area contributed by atoms with Gasteiger partial charge in [0.05, 0.1) is 5.92 Å². The Labute approximate surface area is 177 Å². The number of hydrogen-bond acceptors (Lipinski definition) is 6. The van der Waals surface area contributed by atoms with Gasteiger partial charge in [-0.25, -0.2) is 4.39 Å². The highest BCUT2D eigenvalue weighted by Crippen LogP contribution is 2.42. The number of nitriles is 1. The van der Waals surface area contributed by atoms with Crippen LogP contribution in [-0.2, 0) is 4.79 Å². The average molecular weight is 419 g/mol. The third-order valence-electron chi connectivity index (χ3n) is 4.84. The zero-order valence-electron chi connectivity index (χ0n) is 16.5. The molecule has 0 aliphatic carbocycles. The number of halogens is 1. The Balaban J connectivity index is 1.47. The lowest BCUT2D eigenvalue weighted by molar-refractivity contribution is -0.118. The van der Waals surface area contributed by atoms with E-state index in [1.54, 1.807) is 24.3 Å². The second-order valence-corrected chi connectivity index (χ2v) is 6.91. The molecule has 2 heterocycles. The highest BCUT2D eigenvalue weighted by molar-refractivity contribution is 5.91. The highest BCUT2D eigenvalue weighted by Gasteiger charge is 2.34. The van der Waals surface area contributed by atoms with Gasteiger partial charge in [0.2, 0.25) is 11.8 Å². The average Bonchev–Trinajstić information content (AvgIpc) is 3.13. The first-order valence-electron chi connectivity index (χ1n) is 9.37. The molecule has 156 valence electrons. The summed E-state index contributed by atoms with van der Waals surface area (Å²) in [5, 5.41) is 19.2. The van der Waals surface area contributed by atoms with Crippen LogP contribution in [-0.4, -0.2) is 22.7 Å². The minimum Gasteiger partial charge on any atom is -0.484 e. The Kier molecular flexibility index (Phi) is 5.28. The van der Waals surface area contributed by atoms with Crippen molar-refractivity contribution in [2.45, 2.75) is 12.8 Å². The monoisotopic (exact) mass is 419 g/mol. The standard InChI is InChI=1S/C22H18FN5O3/c1-12-19-20(17(10-24)21(25)31-22(19)28-27-12)13-2-8-16(9-3-13)30-11-18(29)26-15-6-4-14(23)5-7-15/h2-9,20H,11,25H2,1H3,(H,26,29)(H,27,28). The fourth-order valence-corrected chi connectivity index (χ4v) is 3.37. The predicted octanol–water partition coefficient (Wildman–Crippen LogP) is 3.09. The van der Waals surface area contributed by atoms with Crippen molar-refractivity contribution in [1.29, 1.82) is 5.26 Å². The Bertz CT molecular complexity index is 1190. The molecule has 1 amide bonds. The lowest BCUT2D eigenvalue weighted by atomic mass is 9.84. The fourth-order valence-electron chi connectivity index (χ4n) is 3.37. The Morgan fingerprint density at radius 1 is 1.29 bits per heavy atom. The number of aromatic amines is 1. The summed E-state index contributed by atoms with van der Waals surface area (Å²) in [5.74, 6) is -0.344. The molecular weight excluding hydrogens is 401 g/mol. The van der Waals surface area contributed by atoms with Crippen LogP contribution >= 0.6 is 0 Å². The first kappa shape index (κ1) is 20.0. The van der Waals surface area contributed by atoms with Gasteiger partial charge in [-0.15, -0.1) is 5.10 Å². The van der Waals surface area contributed by atoms with Crippen molar-refractivity contribution in [3.8, 4) is 17.7 Å². The number of carbonyl (C=O) groups is 1. The summed E-state index contributed by atoms with van der Waals surface area (Å²) in [5.41, 5.74) is 9.01. The maximum atomic E-state index is 12.9. The van der Waals surface area contributed by atoms with Gasteiger partial charge in [0.15, 0.2) is 6.61 Å². The van der Waals surface area contributed by atoms with Crippen LogP contribution in [0.4, 0.5) is 10.1 Å². The summed E-state index contributed by atoms with van der Waals surface area (Å²) in [6, 6.07) is 14.6. The van der Waals surface area contributed by atoms with Crippen molar-refractivity contribution in [3.05, 3.63) is 82.6 Å². The number of H-pyrrole nitrogens is 1. The van der Waals surface area contributed by atoms with E-state index in [1.807, 2.05) is 6.92 Å². The van der Waals surface area contributed by atoms with Crippen LogP contribution in [0.3, 0.4) is 0 Å². The van der Waals surface area contributed by atoms with Crippen LogP contribution in [0.1, 0.15) is 22.7 Å². The summed E-state index contributed by atoms with van der Waals surface area (Å²) < 4.78 is 23.9. The molecule has 1 aliphatic rings. The quantitative estimate of drug-likeness (QED) is 0.583. The van der Waals surface area contributed by atoms with E-state index in [0.29, 0.717) is 22.9 Å². The maximum Gasteiger partial charge on any atom is 0.262 e. The second kappa shape index (κ2) is 8.20. The molecule has 4 N–H and O–H groups in total. The van der Waals surface area contributed by atoms with E-state index in [4.69, 9.17) is 15.2 Å². The molecule has 0 spiro atoms. The largest absolute Gasteiger partial charge is 0.484 e. The Morgan fingerprint density at radius 2 is 2.00 bits per heavy atom. The molecule has 0 fully saturated rings. The second-order valence-electron chi connectivity index (χ2n) is 6.91. The van der Waals surface area contributed by atoms with E-state index in [-0.39, 0.29) is 24.2 Å². The molecule has 1 aliphatic heterocycles. The summed E-state index contributed by atoms with van der Waals surface area (Å²) >= 11 is 0.